The summed E-state index contributed by atoms with van der Waals surface area (Å²) in [5, 5.41) is 17.6. The van der Waals surface area contributed by atoms with Gasteiger partial charge in [-0.05, 0) is 64.8 Å². The van der Waals surface area contributed by atoms with Gasteiger partial charge in [-0.25, -0.2) is 4.68 Å². The summed E-state index contributed by atoms with van der Waals surface area (Å²) in [5.41, 5.74) is 5.56. The molecule has 0 amide bonds. The highest BCUT2D eigenvalue weighted by molar-refractivity contribution is 9.10. The smallest absolute Gasteiger partial charge is 0.135 e. The molecule has 188 valence electrons. The Kier molecular flexibility index (Phi) is 7.23. The van der Waals surface area contributed by atoms with Crippen molar-refractivity contribution < 1.29 is 14.2 Å². The summed E-state index contributed by atoms with van der Waals surface area (Å²) >= 11 is 3.66. The number of hydrogen-bond donors (Lipinski definition) is 1. The third-order valence-electron chi connectivity index (χ3n) is 6.02. The second-order valence-electron chi connectivity index (χ2n) is 8.20. The summed E-state index contributed by atoms with van der Waals surface area (Å²) in [6.45, 7) is 3.09. The predicted molar refractivity (Wildman–Crippen MR) is 148 cm³/mol. The maximum absolute atomic E-state index is 5.81. The Balaban J connectivity index is 1.50. The van der Waals surface area contributed by atoms with E-state index in [9.17, 15) is 0 Å². The van der Waals surface area contributed by atoms with Crippen LogP contribution in [0.1, 0.15) is 12.5 Å². The number of nitrogens with one attached hydrogen (secondary N) is 1. The van der Waals surface area contributed by atoms with Gasteiger partial charge in [0.05, 0.1) is 48.4 Å². The first kappa shape index (κ1) is 24.6. The summed E-state index contributed by atoms with van der Waals surface area (Å²) < 4.78 is 19.4. The van der Waals surface area contributed by atoms with Crippen LogP contribution in [-0.4, -0.2) is 40.8 Å². The fourth-order valence-electron chi connectivity index (χ4n) is 4.20. The SMILES string of the molecule is CCOc1cc(-n2cccn2)c(-c2ccc3c(NCc4ccc(OC)cc4OC)cnnc3c2)cc1Br. The lowest BCUT2D eigenvalue weighted by Crippen LogP contribution is -2.04. The molecule has 0 fully saturated rings. The molecule has 0 radical (unpaired) electrons. The second kappa shape index (κ2) is 10.9. The van der Waals surface area contributed by atoms with Crippen molar-refractivity contribution in [1.82, 2.24) is 20.0 Å². The molecular formula is C28H26BrN5O3. The van der Waals surface area contributed by atoms with Crippen molar-refractivity contribution in [2.24, 2.45) is 0 Å². The van der Waals surface area contributed by atoms with E-state index in [1.165, 1.54) is 0 Å². The van der Waals surface area contributed by atoms with Crippen LogP contribution in [0.3, 0.4) is 0 Å². The molecule has 8 nitrogen and oxygen atoms in total. The van der Waals surface area contributed by atoms with Gasteiger partial charge >= 0.3 is 0 Å². The predicted octanol–water partition coefficient (Wildman–Crippen LogP) is 6.27. The number of methoxy groups -OCH3 is 2. The van der Waals surface area contributed by atoms with Crippen molar-refractivity contribution in [3.05, 3.63) is 83.2 Å². The quantitative estimate of drug-likeness (QED) is 0.227. The Hall–Kier alpha value is -4.11. The summed E-state index contributed by atoms with van der Waals surface area (Å²) in [6.07, 6.45) is 5.41. The van der Waals surface area contributed by atoms with Gasteiger partial charge in [0, 0.05) is 47.6 Å². The largest absolute Gasteiger partial charge is 0.497 e. The van der Waals surface area contributed by atoms with Crippen LogP contribution in [0.5, 0.6) is 17.2 Å². The average molecular weight is 560 g/mol. The summed E-state index contributed by atoms with van der Waals surface area (Å²) in [4.78, 5) is 0. The summed E-state index contributed by atoms with van der Waals surface area (Å²) in [6, 6.07) is 17.9. The van der Waals surface area contributed by atoms with Gasteiger partial charge in [-0.1, -0.05) is 6.07 Å². The molecule has 0 bridgehead atoms. The van der Waals surface area contributed by atoms with E-state index >= 15 is 0 Å². The van der Waals surface area contributed by atoms with E-state index in [2.05, 4.69) is 54.7 Å². The molecule has 0 saturated heterocycles. The first-order valence-electron chi connectivity index (χ1n) is 11.8. The summed E-state index contributed by atoms with van der Waals surface area (Å²) in [5.74, 6) is 2.27. The maximum Gasteiger partial charge on any atom is 0.135 e. The van der Waals surface area contributed by atoms with Gasteiger partial charge < -0.3 is 19.5 Å². The number of halogens is 1. The third-order valence-corrected chi connectivity index (χ3v) is 6.64. The van der Waals surface area contributed by atoms with Crippen LogP contribution in [-0.2, 0) is 6.54 Å². The molecule has 0 aliphatic heterocycles. The molecule has 0 aliphatic rings. The van der Waals surface area contributed by atoms with Crippen molar-refractivity contribution in [1.29, 1.82) is 0 Å². The lowest BCUT2D eigenvalue weighted by molar-refractivity contribution is 0.338. The van der Waals surface area contributed by atoms with E-state index in [0.717, 1.165) is 60.7 Å². The highest BCUT2D eigenvalue weighted by Crippen LogP contribution is 2.37. The van der Waals surface area contributed by atoms with Crippen LogP contribution < -0.4 is 19.5 Å². The Bertz CT molecular complexity index is 1540. The van der Waals surface area contributed by atoms with E-state index in [1.54, 1.807) is 26.6 Å². The number of fused-ring (bicyclic) bond motifs is 1. The second-order valence-corrected chi connectivity index (χ2v) is 9.06. The number of ether oxygens (including phenoxy) is 3. The van der Waals surface area contributed by atoms with Gasteiger partial charge in [-0.15, -0.1) is 0 Å². The van der Waals surface area contributed by atoms with Crippen LogP contribution in [0, 0.1) is 0 Å². The van der Waals surface area contributed by atoms with Crippen molar-refractivity contribution in [3.8, 4) is 34.1 Å². The van der Waals surface area contributed by atoms with Gasteiger partial charge in [0.1, 0.15) is 17.2 Å². The van der Waals surface area contributed by atoms with Crippen LogP contribution in [0.25, 0.3) is 27.7 Å². The fraction of sp³-hybridized carbons (Fsp3) is 0.179. The standard InChI is InChI=1S/C28H26BrN5O3/c1-4-37-28-15-26(34-11-5-10-32-34)22(14-23(28)29)18-7-9-21-24(12-18)33-31-17-25(21)30-16-19-6-8-20(35-2)13-27(19)36-3/h5-15,17H,4,16H2,1-3H3,(H,30,33). The third kappa shape index (κ3) is 5.08. The Morgan fingerprint density at radius 2 is 1.89 bits per heavy atom. The summed E-state index contributed by atoms with van der Waals surface area (Å²) in [7, 11) is 3.29. The molecule has 0 atom stereocenters. The number of anilines is 1. The molecule has 1 N–H and O–H groups in total. The van der Waals surface area contributed by atoms with E-state index < -0.39 is 0 Å². The van der Waals surface area contributed by atoms with Crippen molar-refractivity contribution in [2.75, 3.05) is 26.1 Å². The zero-order valence-corrected chi connectivity index (χ0v) is 22.3. The number of aromatic nitrogens is 4. The van der Waals surface area contributed by atoms with Crippen LogP contribution in [0.4, 0.5) is 5.69 Å². The highest BCUT2D eigenvalue weighted by atomic mass is 79.9. The van der Waals surface area contributed by atoms with Gasteiger partial charge in [-0.2, -0.15) is 15.3 Å². The lowest BCUT2D eigenvalue weighted by atomic mass is 10.0. The van der Waals surface area contributed by atoms with Crippen molar-refractivity contribution >= 4 is 32.5 Å². The number of rotatable bonds is 9. The molecule has 0 saturated carbocycles. The van der Waals surface area contributed by atoms with E-state index in [-0.39, 0.29) is 0 Å². The van der Waals surface area contributed by atoms with Gasteiger partial charge in [-0.3, -0.25) is 0 Å². The molecule has 2 heterocycles. The van der Waals surface area contributed by atoms with Gasteiger partial charge in [0.15, 0.2) is 0 Å². The molecule has 5 aromatic rings. The van der Waals surface area contributed by atoms with Crippen LogP contribution in [0.2, 0.25) is 0 Å². The topological polar surface area (TPSA) is 83.3 Å². The molecule has 3 aromatic carbocycles. The molecule has 5 rings (SSSR count). The van der Waals surface area contributed by atoms with E-state index in [1.807, 2.05) is 54.2 Å². The van der Waals surface area contributed by atoms with Gasteiger partial charge in [0.2, 0.25) is 0 Å². The van der Waals surface area contributed by atoms with Crippen molar-refractivity contribution in [3.63, 3.8) is 0 Å². The minimum Gasteiger partial charge on any atom is -0.497 e. The van der Waals surface area contributed by atoms with E-state index in [4.69, 9.17) is 14.2 Å². The molecule has 0 spiro atoms. The minimum absolute atomic E-state index is 0.561. The Morgan fingerprint density at radius 1 is 1.00 bits per heavy atom. The Labute approximate surface area is 223 Å². The first-order valence-corrected chi connectivity index (χ1v) is 12.6. The highest BCUT2D eigenvalue weighted by Gasteiger charge is 2.15. The average Bonchev–Trinajstić information content (AvgIpc) is 3.47. The number of nitrogens with zero attached hydrogens (tertiary/aromatic N) is 4. The Morgan fingerprint density at radius 3 is 2.65 bits per heavy atom. The van der Waals surface area contributed by atoms with Crippen LogP contribution >= 0.6 is 15.9 Å². The number of benzene rings is 3. The molecular weight excluding hydrogens is 534 g/mol. The number of hydrogen-bond acceptors (Lipinski definition) is 7. The first-order chi connectivity index (χ1) is 18.1. The molecule has 9 heteroatoms. The molecule has 0 unspecified atom stereocenters. The van der Waals surface area contributed by atoms with Crippen LogP contribution in [0.15, 0.2) is 77.7 Å². The zero-order valence-electron chi connectivity index (χ0n) is 20.7. The normalized spacial score (nSPS) is 10.9. The fourth-order valence-corrected chi connectivity index (χ4v) is 4.66. The van der Waals surface area contributed by atoms with Crippen molar-refractivity contribution in [2.45, 2.75) is 13.5 Å². The molecule has 37 heavy (non-hydrogen) atoms. The minimum atomic E-state index is 0.561. The maximum atomic E-state index is 5.81. The lowest BCUT2D eigenvalue weighted by Gasteiger charge is -2.16. The monoisotopic (exact) mass is 559 g/mol. The van der Waals surface area contributed by atoms with E-state index in [0.29, 0.717) is 13.2 Å². The van der Waals surface area contributed by atoms with Gasteiger partial charge in [0.25, 0.3) is 0 Å². The molecule has 2 aromatic heterocycles. The molecule has 0 aliphatic carbocycles. The zero-order chi connectivity index (χ0) is 25.8.